The van der Waals surface area contributed by atoms with Crippen LogP contribution in [0.25, 0.3) is 11.1 Å². The number of rotatable bonds is 10. The summed E-state index contributed by atoms with van der Waals surface area (Å²) in [4.78, 5) is 0. The molecule has 1 heterocycles. The molecule has 3 rings (SSSR count). The molecular weight excluding hydrogens is 344 g/mol. The van der Waals surface area contributed by atoms with Gasteiger partial charge >= 0.3 is 0 Å². The molecule has 2 unspecified atom stereocenters. The summed E-state index contributed by atoms with van der Waals surface area (Å²) in [6, 6.07) is 17.8. The highest BCUT2D eigenvalue weighted by Crippen LogP contribution is 2.27. The van der Waals surface area contributed by atoms with Gasteiger partial charge in [-0.15, -0.1) is 0 Å². The first-order valence-corrected chi connectivity index (χ1v) is 11.2. The van der Waals surface area contributed by atoms with Crippen LogP contribution in [0.15, 0.2) is 48.5 Å². The highest BCUT2D eigenvalue weighted by molar-refractivity contribution is 5.64. The van der Waals surface area contributed by atoms with Crippen molar-refractivity contribution in [1.82, 2.24) is 0 Å². The second kappa shape index (κ2) is 11.4. The van der Waals surface area contributed by atoms with Crippen molar-refractivity contribution >= 4 is 0 Å². The average Bonchev–Trinajstić information content (AvgIpc) is 2.75. The van der Waals surface area contributed by atoms with E-state index in [-0.39, 0.29) is 12.2 Å². The van der Waals surface area contributed by atoms with Crippen LogP contribution in [0.1, 0.15) is 76.0 Å². The highest BCUT2D eigenvalue weighted by atomic mass is 16.6. The van der Waals surface area contributed by atoms with Crippen LogP contribution in [-0.4, -0.2) is 19.3 Å². The molecular formula is C26H36O2. The normalized spacial score (nSPS) is 19.6. The van der Waals surface area contributed by atoms with Crippen molar-refractivity contribution in [1.29, 1.82) is 0 Å². The fourth-order valence-electron chi connectivity index (χ4n) is 3.86. The molecule has 2 nitrogen and oxygen atoms in total. The van der Waals surface area contributed by atoms with E-state index in [1.54, 1.807) is 0 Å². The summed E-state index contributed by atoms with van der Waals surface area (Å²) < 4.78 is 12.1. The molecule has 2 aromatic carbocycles. The van der Waals surface area contributed by atoms with Gasteiger partial charge < -0.3 is 9.47 Å². The Kier molecular flexibility index (Phi) is 8.57. The van der Waals surface area contributed by atoms with Gasteiger partial charge in [-0.25, -0.2) is 0 Å². The maximum absolute atomic E-state index is 6.09. The first kappa shape index (κ1) is 21.1. The molecule has 0 spiro atoms. The van der Waals surface area contributed by atoms with E-state index in [9.17, 15) is 0 Å². The maximum atomic E-state index is 6.09. The lowest BCUT2D eigenvalue weighted by Crippen LogP contribution is -2.31. The van der Waals surface area contributed by atoms with Gasteiger partial charge in [0, 0.05) is 0 Å². The summed E-state index contributed by atoms with van der Waals surface area (Å²) >= 11 is 0. The average molecular weight is 381 g/mol. The third-order valence-electron chi connectivity index (χ3n) is 5.73. The molecule has 0 radical (unpaired) electrons. The van der Waals surface area contributed by atoms with E-state index in [0.717, 1.165) is 13.0 Å². The Balaban J connectivity index is 1.51. The Hall–Kier alpha value is -1.64. The van der Waals surface area contributed by atoms with E-state index in [0.29, 0.717) is 6.61 Å². The predicted octanol–water partition coefficient (Wildman–Crippen LogP) is 7.12. The van der Waals surface area contributed by atoms with Crippen molar-refractivity contribution < 1.29 is 9.47 Å². The quantitative estimate of drug-likeness (QED) is 0.408. The lowest BCUT2D eigenvalue weighted by Gasteiger charge is -2.30. The van der Waals surface area contributed by atoms with E-state index in [1.165, 1.54) is 67.2 Å². The molecule has 2 heteroatoms. The standard InChI is InChI=1S/C26H36O2/c1-3-5-7-9-21-11-13-22(14-12-21)23-15-17-24(18-16-23)26-20-27-25(19-28-26)10-8-6-4-2/h11-18,25-26H,3-10,19-20H2,1-2H3. The van der Waals surface area contributed by atoms with Crippen LogP contribution < -0.4 is 0 Å². The van der Waals surface area contributed by atoms with Crippen LogP contribution in [-0.2, 0) is 15.9 Å². The minimum Gasteiger partial charge on any atom is -0.373 e. The third kappa shape index (κ3) is 6.18. The number of unbranched alkanes of at least 4 members (excludes halogenated alkanes) is 4. The predicted molar refractivity (Wildman–Crippen MR) is 118 cm³/mol. The topological polar surface area (TPSA) is 18.5 Å². The minimum atomic E-state index is 0.0671. The summed E-state index contributed by atoms with van der Waals surface area (Å²) in [5, 5.41) is 0. The zero-order valence-corrected chi connectivity index (χ0v) is 17.7. The Bertz CT molecular complexity index is 667. The molecule has 0 aromatic heterocycles. The number of hydrogen-bond acceptors (Lipinski definition) is 2. The molecule has 1 saturated heterocycles. The first-order valence-electron chi connectivity index (χ1n) is 11.2. The number of hydrogen-bond donors (Lipinski definition) is 0. The molecule has 1 fully saturated rings. The van der Waals surface area contributed by atoms with Crippen LogP contribution in [0, 0.1) is 0 Å². The summed E-state index contributed by atoms with van der Waals surface area (Å²) in [7, 11) is 0. The number of aryl methyl sites for hydroxylation is 1. The SMILES string of the molecule is CCCCCc1ccc(-c2ccc(C3COC(CCCCC)CO3)cc2)cc1. The minimum absolute atomic E-state index is 0.0671. The van der Waals surface area contributed by atoms with Gasteiger partial charge in [0.15, 0.2) is 0 Å². The molecule has 2 aromatic rings. The molecule has 0 bridgehead atoms. The van der Waals surface area contributed by atoms with E-state index < -0.39 is 0 Å². The summed E-state index contributed by atoms with van der Waals surface area (Å²) in [6.07, 6.45) is 10.3. The first-order chi connectivity index (χ1) is 13.8. The molecule has 1 aliphatic heterocycles. The molecule has 2 atom stereocenters. The fraction of sp³-hybridized carbons (Fsp3) is 0.538. The van der Waals surface area contributed by atoms with Gasteiger partial charge in [0.1, 0.15) is 6.10 Å². The summed E-state index contributed by atoms with van der Waals surface area (Å²) in [5.74, 6) is 0. The smallest absolute Gasteiger partial charge is 0.106 e. The van der Waals surface area contributed by atoms with Crippen LogP contribution >= 0.6 is 0 Å². The zero-order valence-electron chi connectivity index (χ0n) is 17.7. The van der Waals surface area contributed by atoms with Crippen molar-refractivity contribution in [2.24, 2.45) is 0 Å². The Labute approximate surface area is 171 Å². The number of ether oxygens (including phenoxy) is 2. The van der Waals surface area contributed by atoms with Gasteiger partial charge in [0.05, 0.1) is 19.3 Å². The Morgan fingerprint density at radius 2 is 1.36 bits per heavy atom. The van der Waals surface area contributed by atoms with Crippen molar-refractivity contribution in [2.45, 2.75) is 77.4 Å². The van der Waals surface area contributed by atoms with Crippen molar-refractivity contribution in [3.05, 3.63) is 59.7 Å². The molecule has 0 amide bonds. The molecule has 0 aliphatic carbocycles. The lowest BCUT2D eigenvalue weighted by atomic mass is 9.99. The zero-order chi connectivity index (χ0) is 19.6. The molecule has 0 saturated carbocycles. The second-order valence-corrected chi connectivity index (χ2v) is 8.05. The van der Waals surface area contributed by atoms with Crippen LogP contribution in [0.2, 0.25) is 0 Å². The molecule has 28 heavy (non-hydrogen) atoms. The maximum Gasteiger partial charge on any atom is 0.106 e. The van der Waals surface area contributed by atoms with Gasteiger partial charge in [0.2, 0.25) is 0 Å². The van der Waals surface area contributed by atoms with Crippen LogP contribution in [0.5, 0.6) is 0 Å². The van der Waals surface area contributed by atoms with Gasteiger partial charge in [-0.2, -0.15) is 0 Å². The third-order valence-corrected chi connectivity index (χ3v) is 5.73. The van der Waals surface area contributed by atoms with Crippen molar-refractivity contribution in [3.63, 3.8) is 0 Å². The van der Waals surface area contributed by atoms with Crippen LogP contribution in [0.3, 0.4) is 0 Å². The van der Waals surface area contributed by atoms with E-state index in [2.05, 4.69) is 62.4 Å². The monoisotopic (exact) mass is 380 g/mol. The molecule has 1 aliphatic rings. The number of benzene rings is 2. The molecule has 0 N–H and O–H groups in total. The van der Waals surface area contributed by atoms with Crippen LogP contribution in [0.4, 0.5) is 0 Å². The van der Waals surface area contributed by atoms with Gasteiger partial charge in [0.25, 0.3) is 0 Å². The fourth-order valence-corrected chi connectivity index (χ4v) is 3.86. The van der Waals surface area contributed by atoms with E-state index in [1.807, 2.05) is 0 Å². The second-order valence-electron chi connectivity index (χ2n) is 8.05. The van der Waals surface area contributed by atoms with Gasteiger partial charge in [-0.1, -0.05) is 94.5 Å². The van der Waals surface area contributed by atoms with Gasteiger partial charge in [-0.3, -0.25) is 0 Å². The lowest BCUT2D eigenvalue weighted by molar-refractivity contribution is -0.137. The largest absolute Gasteiger partial charge is 0.373 e. The molecule has 152 valence electrons. The van der Waals surface area contributed by atoms with E-state index >= 15 is 0 Å². The van der Waals surface area contributed by atoms with Crippen molar-refractivity contribution in [2.75, 3.05) is 13.2 Å². The Morgan fingerprint density at radius 3 is 1.96 bits per heavy atom. The summed E-state index contributed by atoms with van der Waals surface area (Å²) in [6.45, 7) is 5.88. The van der Waals surface area contributed by atoms with Gasteiger partial charge in [-0.05, 0) is 41.5 Å². The summed E-state index contributed by atoms with van der Waals surface area (Å²) in [5.41, 5.74) is 5.20. The van der Waals surface area contributed by atoms with Crippen molar-refractivity contribution in [3.8, 4) is 11.1 Å². The Morgan fingerprint density at radius 1 is 0.714 bits per heavy atom. The highest BCUT2D eigenvalue weighted by Gasteiger charge is 2.23. The van der Waals surface area contributed by atoms with E-state index in [4.69, 9.17) is 9.47 Å².